The first-order valence-corrected chi connectivity index (χ1v) is 5.83. The summed E-state index contributed by atoms with van der Waals surface area (Å²) in [5, 5.41) is 9.13. The van der Waals surface area contributed by atoms with E-state index in [0.29, 0.717) is 6.54 Å². The van der Waals surface area contributed by atoms with Crippen LogP contribution in [0.15, 0.2) is 15.7 Å². The molecule has 0 saturated carbocycles. The quantitative estimate of drug-likeness (QED) is 0.615. The van der Waals surface area contributed by atoms with Crippen LogP contribution >= 0.6 is 0 Å². The monoisotopic (exact) mass is 253 g/mol. The first kappa shape index (κ1) is 12.6. The highest BCUT2D eigenvalue weighted by atomic mass is 16.3. The number of aliphatic hydroxyl groups excluding tert-OH is 1. The van der Waals surface area contributed by atoms with Gasteiger partial charge in [0, 0.05) is 18.3 Å². The molecule has 0 spiro atoms. The van der Waals surface area contributed by atoms with E-state index in [4.69, 9.17) is 5.11 Å². The van der Waals surface area contributed by atoms with Gasteiger partial charge in [0.25, 0.3) is 5.56 Å². The second kappa shape index (κ2) is 5.18. The Morgan fingerprint density at radius 1 is 1.44 bits per heavy atom. The standard InChI is InChI=1S/C11H15N3O4/c15-6-8-2-1-3-14(8)10(17)5-7-4-9(16)13-11(18)12-7/h4,8,15H,1-3,5-6H2,(H2,12,13,16,18)/t8-/m1/s1. The zero-order chi connectivity index (χ0) is 13.1. The fraction of sp³-hybridized carbons (Fsp3) is 0.545. The molecule has 18 heavy (non-hydrogen) atoms. The van der Waals surface area contributed by atoms with E-state index in [0.717, 1.165) is 12.8 Å². The van der Waals surface area contributed by atoms with Gasteiger partial charge in [-0.1, -0.05) is 0 Å². The van der Waals surface area contributed by atoms with Crippen LogP contribution in [0.2, 0.25) is 0 Å². The molecular formula is C11H15N3O4. The number of aliphatic hydroxyl groups is 1. The van der Waals surface area contributed by atoms with E-state index in [-0.39, 0.29) is 30.7 Å². The molecule has 1 atom stereocenters. The molecular weight excluding hydrogens is 238 g/mol. The lowest BCUT2D eigenvalue weighted by Gasteiger charge is -2.22. The van der Waals surface area contributed by atoms with Gasteiger partial charge in [-0.25, -0.2) is 4.79 Å². The molecule has 0 bridgehead atoms. The average molecular weight is 253 g/mol. The first-order valence-electron chi connectivity index (χ1n) is 5.83. The van der Waals surface area contributed by atoms with Crippen LogP contribution in [0.25, 0.3) is 0 Å². The fourth-order valence-corrected chi connectivity index (χ4v) is 2.23. The van der Waals surface area contributed by atoms with Crippen LogP contribution < -0.4 is 11.2 Å². The molecule has 7 nitrogen and oxygen atoms in total. The molecule has 1 aliphatic rings. The lowest BCUT2D eigenvalue weighted by Crippen LogP contribution is -2.39. The van der Waals surface area contributed by atoms with Gasteiger partial charge in [-0.3, -0.25) is 14.6 Å². The van der Waals surface area contributed by atoms with Crippen molar-refractivity contribution in [1.29, 1.82) is 0 Å². The SMILES string of the molecule is O=C(Cc1cc(=O)[nH]c(=O)[nH]1)N1CCC[C@@H]1CO. The second-order valence-electron chi connectivity index (χ2n) is 4.36. The van der Waals surface area contributed by atoms with Crippen LogP contribution in [0.1, 0.15) is 18.5 Å². The molecule has 0 unspecified atom stereocenters. The van der Waals surface area contributed by atoms with Gasteiger partial charge in [-0.2, -0.15) is 0 Å². The molecule has 98 valence electrons. The summed E-state index contributed by atoms with van der Waals surface area (Å²) in [7, 11) is 0. The maximum Gasteiger partial charge on any atom is 0.325 e. The first-order chi connectivity index (χ1) is 8.60. The smallest absolute Gasteiger partial charge is 0.325 e. The Hall–Kier alpha value is -1.89. The average Bonchev–Trinajstić information content (AvgIpc) is 2.75. The van der Waals surface area contributed by atoms with Gasteiger partial charge in [0.15, 0.2) is 0 Å². The van der Waals surface area contributed by atoms with Gasteiger partial charge in [0.1, 0.15) is 0 Å². The molecule has 1 aliphatic heterocycles. The molecule has 1 amide bonds. The van der Waals surface area contributed by atoms with Crippen molar-refractivity contribution >= 4 is 5.91 Å². The molecule has 1 aromatic rings. The van der Waals surface area contributed by atoms with Gasteiger partial charge in [-0.15, -0.1) is 0 Å². The third-order valence-electron chi connectivity index (χ3n) is 3.07. The molecule has 7 heteroatoms. The number of carbonyl (C=O) groups is 1. The van der Waals surface area contributed by atoms with E-state index in [1.165, 1.54) is 6.07 Å². The zero-order valence-corrected chi connectivity index (χ0v) is 9.81. The number of H-pyrrole nitrogens is 2. The summed E-state index contributed by atoms with van der Waals surface area (Å²) in [6.45, 7) is 0.551. The van der Waals surface area contributed by atoms with Crippen LogP contribution in [0.5, 0.6) is 0 Å². The minimum atomic E-state index is -0.620. The van der Waals surface area contributed by atoms with Crippen LogP contribution in [-0.2, 0) is 11.2 Å². The van der Waals surface area contributed by atoms with E-state index < -0.39 is 11.2 Å². The molecule has 0 aliphatic carbocycles. The molecule has 0 radical (unpaired) electrons. The predicted octanol–water partition coefficient (Wildman–Crippen LogP) is -1.41. The Morgan fingerprint density at radius 2 is 2.22 bits per heavy atom. The van der Waals surface area contributed by atoms with Crippen LogP contribution in [0.3, 0.4) is 0 Å². The summed E-state index contributed by atoms with van der Waals surface area (Å²) < 4.78 is 0. The number of likely N-dealkylation sites (tertiary alicyclic amines) is 1. The van der Waals surface area contributed by atoms with Crippen molar-refractivity contribution in [3.63, 3.8) is 0 Å². The van der Waals surface area contributed by atoms with Gasteiger partial charge >= 0.3 is 5.69 Å². The maximum absolute atomic E-state index is 12.0. The molecule has 2 rings (SSSR count). The van der Waals surface area contributed by atoms with Gasteiger partial charge in [-0.05, 0) is 12.8 Å². The van der Waals surface area contributed by atoms with Gasteiger partial charge < -0.3 is 15.0 Å². The van der Waals surface area contributed by atoms with Crippen molar-refractivity contribution < 1.29 is 9.90 Å². The lowest BCUT2D eigenvalue weighted by molar-refractivity contribution is -0.132. The van der Waals surface area contributed by atoms with E-state index in [9.17, 15) is 14.4 Å². The van der Waals surface area contributed by atoms with Gasteiger partial charge in [0.05, 0.1) is 19.1 Å². The summed E-state index contributed by atoms with van der Waals surface area (Å²) in [6, 6.07) is 1.05. The Balaban J connectivity index is 2.11. The summed E-state index contributed by atoms with van der Waals surface area (Å²) in [4.78, 5) is 40.2. The normalized spacial score (nSPS) is 19.2. The molecule has 1 fully saturated rings. The van der Waals surface area contributed by atoms with E-state index in [2.05, 4.69) is 4.98 Å². The highest BCUT2D eigenvalue weighted by Crippen LogP contribution is 2.17. The Morgan fingerprint density at radius 3 is 2.89 bits per heavy atom. The number of nitrogens with zero attached hydrogens (tertiary/aromatic N) is 1. The van der Waals surface area contributed by atoms with Crippen molar-refractivity contribution in [2.45, 2.75) is 25.3 Å². The molecule has 1 aromatic heterocycles. The number of rotatable bonds is 3. The Labute approximate surface area is 102 Å². The van der Waals surface area contributed by atoms with Crippen molar-refractivity contribution in [2.75, 3.05) is 13.2 Å². The number of hydrogen-bond acceptors (Lipinski definition) is 4. The van der Waals surface area contributed by atoms with E-state index in [1.54, 1.807) is 4.90 Å². The third kappa shape index (κ3) is 2.67. The fourth-order valence-electron chi connectivity index (χ4n) is 2.23. The second-order valence-corrected chi connectivity index (χ2v) is 4.36. The number of carbonyl (C=O) groups excluding carboxylic acids is 1. The third-order valence-corrected chi connectivity index (χ3v) is 3.07. The highest BCUT2D eigenvalue weighted by molar-refractivity contribution is 5.78. The number of aromatic nitrogens is 2. The maximum atomic E-state index is 12.0. The summed E-state index contributed by atoms with van der Waals surface area (Å²) in [5.41, 5.74) is -0.857. The van der Waals surface area contributed by atoms with Gasteiger partial charge in [0.2, 0.25) is 5.91 Å². The molecule has 1 saturated heterocycles. The largest absolute Gasteiger partial charge is 0.394 e. The lowest BCUT2D eigenvalue weighted by atomic mass is 10.2. The topological polar surface area (TPSA) is 106 Å². The number of hydrogen-bond donors (Lipinski definition) is 3. The van der Waals surface area contributed by atoms with Crippen molar-refractivity contribution in [1.82, 2.24) is 14.9 Å². The highest BCUT2D eigenvalue weighted by Gasteiger charge is 2.27. The minimum absolute atomic E-state index is 0.0321. The number of amides is 1. The number of aromatic amines is 2. The van der Waals surface area contributed by atoms with E-state index in [1.807, 2.05) is 4.98 Å². The Kier molecular flexibility index (Phi) is 3.61. The summed E-state index contributed by atoms with van der Waals surface area (Å²) >= 11 is 0. The van der Waals surface area contributed by atoms with Crippen molar-refractivity contribution in [3.8, 4) is 0 Å². The molecule has 3 N–H and O–H groups in total. The molecule has 0 aromatic carbocycles. The Bertz CT molecular complexity index is 519. The van der Waals surface area contributed by atoms with E-state index >= 15 is 0 Å². The van der Waals surface area contributed by atoms with Crippen LogP contribution in [-0.4, -0.2) is 45.1 Å². The summed E-state index contributed by atoms with van der Waals surface area (Å²) in [6.07, 6.45) is 1.62. The number of nitrogens with one attached hydrogen (secondary N) is 2. The predicted molar refractivity (Wildman–Crippen MR) is 63.2 cm³/mol. The van der Waals surface area contributed by atoms with Crippen molar-refractivity contribution in [2.24, 2.45) is 0 Å². The molecule has 2 heterocycles. The van der Waals surface area contributed by atoms with Crippen molar-refractivity contribution in [3.05, 3.63) is 32.6 Å². The van der Waals surface area contributed by atoms with Crippen LogP contribution in [0, 0.1) is 0 Å². The minimum Gasteiger partial charge on any atom is -0.394 e. The van der Waals surface area contributed by atoms with Crippen LogP contribution in [0.4, 0.5) is 0 Å². The summed E-state index contributed by atoms with van der Waals surface area (Å²) in [5.74, 6) is -0.187. The zero-order valence-electron chi connectivity index (χ0n) is 9.81.